The summed E-state index contributed by atoms with van der Waals surface area (Å²) in [5, 5.41) is 0. The molecule has 0 spiro atoms. The maximum Gasteiger partial charge on any atom is 0.130 e. The molecule has 1 aliphatic rings. The molecule has 0 fully saturated rings. The summed E-state index contributed by atoms with van der Waals surface area (Å²) in [6, 6.07) is 2.24. The number of hydrogen-bond donors (Lipinski definition) is 1. The highest BCUT2D eigenvalue weighted by Crippen LogP contribution is 2.35. The lowest BCUT2D eigenvalue weighted by Crippen LogP contribution is -2.29. The number of rotatable bonds is 5. The normalized spacial score (nSPS) is 19.2. The number of halogens is 2. The number of hydrogen-bond acceptors (Lipinski definition) is 3. The highest BCUT2D eigenvalue weighted by molar-refractivity contribution is 5.36. The minimum atomic E-state index is -0.538. The number of nitrogens with zero attached hydrogens (tertiary/aromatic N) is 1. The molecule has 1 aliphatic heterocycles. The Hall–Kier alpha value is -1.04. The van der Waals surface area contributed by atoms with Gasteiger partial charge in [0, 0.05) is 51.0 Å². The molecule has 0 radical (unpaired) electrons. The zero-order chi connectivity index (χ0) is 13.1. The van der Waals surface area contributed by atoms with Crippen LogP contribution in [-0.4, -0.2) is 31.7 Å². The average molecular weight is 256 g/mol. The van der Waals surface area contributed by atoms with E-state index in [2.05, 4.69) is 4.90 Å². The van der Waals surface area contributed by atoms with Gasteiger partial charge in [0.15, 0.2) is 0 Å². The van der Waals surface area contributed by atoms with Gasteiger partial charge in [0.2, 0.25) is 0 Å². The van der Waals surface area contributed by atoms with Gasteiger partial charge in [0.05, 0.1) is 0 Å². The lowest BCUT2D eigenvalue weighted by atomic mass is 10.0. The molecule has 1 unspecified atom stereocenters. The van der Waals surface area contributed by atoms with E-state index >= 15 is 0 Å². The van der Waals surface area contributed by atoms with Gasteiger partial charge in [-0.05, 0) is 18.1 Å². The predicted molar refractivity (Wildman–Crippen MR) is 65.1 cm³/mol. The summed E-state index contributed by atoms with van der Waals surface area (Å²) >= 11 is 0. The van der Waals surface area contributed by atoms with E-state index in [0.29, 0.717) is 30.8 Å². The van der Waals surface area contributed by atoms with Crippen molar-refractivity contribution >= 4 is 0 Å². The number of benzene rings is 1. The molecule has 18 heavy (non-hydrogen) atoms. The molecule has 2 rings (SSSR count). The zero-order valence-corrected chi connectivity index (χ0v) is 10.5. The van der Waals surface area contributed by atoms with E-state index in [1.165, 1.54) is 6.07 Å². The molecule has 0 saturated carbocycles. The van der Waals surface area contributed by atoms with E-state index in [0.717, 1.165) is 19.0 Å². The molecule has 5 heteroatoms. The van der Waals surface area contributed by atoms with Crippen LogP contribution < -0.4 is 5.73 Å². The molecule has 3 nitrogen and oxygen atoms in total. The van der Waals surface area contributed by atoms with Gasteiger partial charge >= 0.3 is 0 Å². The number of fused-ring (bicyclic) bond motifs is 1. The summed E-state index contributed by atoms with van der Waals surface area (Å²) < 4.78 is 31.9. The van der Waals surface area contributed by atoms with Crippen LogP contribution in [0.5, 0.6) is 0 Å². The van der Waals surface area contributed by atoms with Crippen LogP contribution >= 0.6 is 0 Å². The highest BCUT2D eigenvalue weighted by Gasteiger charge is 2.31. The average Bonchev–Trinajstić information content (AvgIpc) is 2.67. The first-order valence-corrected chi connectivity index (χ1v) is 6.08. The number of nitrogens with two attached hydrogens (primary N) is 1. The van der Waals surface area contributed by atoms with Crippen molar-refractivity contribution in [2.75, 3.05) is 26.8 Å². The van der Waals surface area contributed by atoms with Crippen LogP contribution in [0, 0.1) is 11.6 Å². The fourth-order valence-corrected chi connectivity index (χ4v) is 2.52. The van der Waals surface area contributed by atoms with Crippen LogP contribution in [0.2, 0.25) is 0 Å². The van der Waals surface area contributed by atoms with Gasteiger partial charge in [-0.15, -0.1) is 0 Å². The maximum absolute atomic E-state index is 13.7. The molecule has 2 N–H and O–H groups in total. The first kappa shape index (κ1) is 13.4. The Bertz CT molecular complexity index is 426. The van der Waals surface area contributed by atoms with Crippen LogP contribution in [0.3, 0.4) is 0 Å². The molecule has 0 amide bonds. The van der Waals surface area contributed by atoms with E-state index in [9.17, 15) is 8.78 Å². The Morgan fingerprint density at radius 1 is 1.44 bits per heavy atom. The van der Waals surface area contributed by atoms with E-state index in [1.54, 1.807) is 7.11 Å². The standard InChI is InChI=1S/C13H18F2N2O/c1-18-4-2-3-17-8-11-10(13(17)7-16)5-9(14)6-12(11)15/h5-6,13H,2-4,7-8,16H2,1H3. The van der Waals surface area contributed by atoms with Gasteiger partial charge in [-0.25, -0.2) is 8.78 Å². The van der Waals surface area contributed by atoms with Gasteiger partial charge in [0.1, 0.15) is 11.6 Å². The van der Waals surface area contributed by atoms with E-state index in [4.69, 9.17) is 10.5 Å². The van der Waals surface area contributed by atoms with Crippen LogP contribution in [-0.2, 0) is 11.3 Å². The molecule has 0 saturated heterocycles. The summed E-state index contributed by atoms with van der Waals surface area (Å²) in [5.74, 6) is -1.01. The molecule has 0 aliphatic carbocycles. The topological polar surface area (TPSA) is 38.5 Å². The van der Waals surface area contributed by atoms with Gasteiger partial charge in [0.25, 0.3) is 0 Å². The molecular formula is C13H18F2N2O. The van der Waals surface area contributed by atoms with Crippen LogP contribution in [0.25, 0.3) is 0 Å². The van der Waals surface area contributed by atoms with Gasteiger partial charge in [-0.1, -0.05) is 0 Å². The van der Waals surface area contributed by atoms with Crippen molar-refractivity contribution in [1.29, 1.82) is 0 Å². The van der Waals surface area contributed by atoms with Gasteiger partial charge in [-0.3, -0.25) is 4.90 Å². The van der Waals surface area contributed by atoms with Crippen molar-refractivity contribution in [3.05, 3.63) is 34.9 Å². The third kappa shape index (κ3) is 2.53. The third-order valence-corrected chi connectivity index (χ3v) is 3.37. The van der Waals surface area contributed by atoms with Crippen LogP contribution in [0.1, 0.15) is 23.6 Å². The second-order valence-corrected chi connectivity index (χ2v) is 4.52. The summed E-state index contributed by atoms with van der Waals surface area (Å²) in [6.07, 6.45) is 0.852. The monoisotopic (exact) mass is 256 g/mol. The van der Waals surface area contributed by atoms with Crippen molar-refractivity contribution < 1.29 is 13.5 Å². The lowest BCUT2D eigenvalue weighted by Gasteiger charge is -2.23. The third-order valence-electron chi connectivity index (χ3n) is 3.37. The molecular weight excluding hydrogens is 238 g/mol. The minimum Gasteiger partial charge on any atom is -0.385 e. The first-order chi connectivity index (χ1) is 8.67. The lowest BCUT2D eigenvalue weighted by molar-refractivity contribution is 0.156. The Kier molecular flexibility index (Phi) is 4.27. The quantitative estimate of drug-likeness (QED) is 0.817. The van der Waals surface area contributed by atoms with E-state index < -0.39 is 11.6 Å². The van der Waals surface area contributed by atoms with Crippen LogP contribution in [0.15, 0.2) is 12.1 Å². The molecule has 1 heterocycles. The molecule has 0 aromatic heterocycles. The van der Waals surface area contributed by atoms with E-state index in [1.807, 2.05) is 0 Å². The van der Waals surface area contributed by atoms with Crippen molar-refractivity contribution in [1.82, 2.24) is 4.90 Å². The predicted octanol–water partition coefficient (Wildman–Crippen LogP) is 1.82. The summed E-state index contributed by atoms with van der Waals surface area (Å²) in [4.78, 5) is 2.08. The first-order valence-electron chi connectivity index (χ1n) is 6.08. The van der Waals surface area contributed by atoms with E-state index in [-0.39, 0.29) is 6.04 Å². The van der Waals surface area contributed by atoms with Crippen molar-refractivity contribution in [3.8, 4) is 0 Å². The van der Waals surface area contributed by atoms with Gasteiger partial charge < -0.3 is 10.5 Å². The maximum atomic E-state index is 13.7. The highest BCUT2D eigenvalue weighted by atomic mass is 19.1. The van der Waals surface area contributed by atoms with Crippen molar-refractivity contribution in [2.24, 2.45) is 5.73 Å². The van der Waals surface area contributed by atoms with Crippen molar-refractivity contribution in [2.45, 2.75) is 19.0 Å². The fourth-order valence-electron chi connectivity index (χ4n) is 2.52. The molecule has 1 aromatic rings. The molecule has 0 bridgehead atoms. The Morgan fingerprint density at radius 3 is 2.89 bits per heavy atom. The minimum absolute atomic E-state index is 0.0953. The Morgan fingerprint density at radius 2 is 2.22 bits per heavy atom. The Labute approximate surface area is 106 Å². The molecule has 1 aromatic carbocycles. The summed E-state index contributed by atoms with van der Waals surface area (Å²) in [6.45, 7) is 2.28. The summed E-state index contributed by atoms with van der Waals surface area (Å²) in [5.41, 5.74) is 6.99. The number of ether oxygens (including phenoxy) is 1. The number of methoxy groups -OCH3 is 1. The molecule has 100 valence electrons. The molecule has 1 atom stereocenters. The summed E-state index contributed by atoms with van der Waals surface area (Å²) in [7, 11) is 1.65. The second kappa shape index (κ2) is 5.73. The largest absolute Gasteiger partial charge is 0.385 e. The fraction of sp³-hybridized carbons (Fsp3) is 0.538. The SMILES string of the molecule is COCCCN1Cc2c(F)cc(F)cc2C1CN. The van der Waals surface area contributed by atoms with Gasteiger partial charge in [-0.2, -0.15) is 0 Å². The second-order valence-electron chi connectivity index (χ2n) is 4.52. The smallest absolute Gasteiger partial charge is 0.130 e. The van der Waals surface area contributed by atoms with Crippen LogP contribution in [0.4, 0.5) is 8.78 Å². The Balaban J connectivity index is 2.17. The van der Waals surface area contributed by atoms with Crippen molar-refractivity contribution in [3.63, 3.8) is 0 Å². The zero-order valence-electron chi connectivity index (χ0n) is 10.5.